The number of amides is 5. The molecule has 0 aliphatic carbocycles. The number of hydrogen-bond donors (Lipinski definition) is 4. The minimum atomic E-state index is -1.24. The summed E-state index contributed by atoms with van der Waals surface area (Å²) in [6, 6.07) is 15.2. The van der Waals surface area contributed by atoms with E-state index in [-0.39, 0.29) is 49.1 Å². The topological polar surface area (TPSA) is 232 Å². The van der Waals surface area contributed by atoms with Gasteiger partial charge in [-0.25, -0.2) is 19.0 Å². The number of nitrogens with zero attached hydrogens (tertiary/aromatic N) is 7. The van der Waals surface area contributed by atoms with Gasteiger partial charge in [0.2, 0.25) is 5.91 Å². The fraction of sp³-hybridized carbons (Fsp3) is 0.386. The van der Waals surface area contributed by atoms with E-state index in [1.165, 1.54) is 39.0 Å². The number of carbonyl (C=O) groups excluding carboxylic acids is 6. The molecule has 1 fully saturated rings. The van der Waals surface area contributed by atoms with Crippen LogP contribution >= 0.6 is 11.6 Å². The number of aliphatic hydroxyl groups is 1. The predicted molar refractivity (Wildman–Crippen MR) is 237 cm³/mol. The van der Waals surface area contributed by atoms with Crippen molar-refractivity contribution >= 4 is 75.4 Å². The molecule has 2 atom stereocenters. The standard InChI is InChI=1S/C44H51ClN10O9/c1-25(2)31(23-56)49-41(61)48-29-12-9-26(10-13-29)19-35(53-18-17-52(38(58)39(53)59)34-22-28(45)11-15-33(34)54-24-46-50-51-54)37(57)47-30-14-16-32-27(20-30)21-36(40(60)63-43(3,4)5)55(32)42(62)64-44(6,7)8/h9-16,20-22,24-25,31,35,56H,17-19,23H2,1-8H3,(H,47,57)(H2,48,49,61)/t31-,35+/m1/s1. The lowest BCUT2D eigenvalue weighted by Gasteiger charge is -2.38. The van der Waals surface area contributed by atoms with Crippen LogP contribution in [0, 0.1) is 5.92 Å². The van der Waals surface area contributed by atoms with Gasteiger partial charge in [0.1, 0.15) is 29.3 Å². The zero-order chi connectivity index (χ0) is 46.7. The summed E-state index contributed by atoms with van der Waals surface area (Å²) in [5.41, 5.74) is 0.404. The van der Waals surface area contributed by atoms with Crippen LogP contribution in [0.1, 0.15) is 71.4 Å². The quantitative estimate of drug-likeness (QED) is 0.0889. The van der Waals surface area contributed by atoms with Crippen LogP contribution in [0.3, 0.4) is 0 Å². The van der Waals surface area contributed by atoms with Gasteiger partial charge in [-0.15, -0.1) is 5.10 Å². The Hall–Kier alpha value is -6.86. The molecule has 3 heterocycles. The van der Waals surface area contributed by atoms with Gasteiger partial charge in [-0.3, -0.25) is 14.4 Å². The molecular formula is C44H51ClN10O9. The molecule has 4 N–H and O–H groups in total. The lowest BCUT2D eigenvalue weighted by molar-refractivity contribution is -0.149. The fourth-order valence-corrected chi connectivity index (χ4v) is 7.07. The van der Waals surface area contributed by atoms with Crippen molar-refractivity contribution in [3.8, 4) is 5.69 Å². The Balaban J connectivity index is 1.31. The molecule has 1 aliphatic rings. The third-order valence-electron chi connectivity index (χ3n) is 9.97. The average molecular weight is 899 g/mol. The Bertz CT molecular complexity index is 2560. The van der Waals surface area contributed by atoms with Gasteiger partial charge in [-0.05, 0) is 118 Å². The molecule has 5 aromatic rings. The van der Waals surface area contributed by atoms with Gasteiger partial charge in [-0.1, -0.05) is 37.6 Å². The molecule has 0 radical (unpaired) electrons. The van der Waals surface area contributed by atoms with Gasteiger partial charge in [0, 0.05) is 41.3 Å². The number of ether oxygens (including phenoxy) is 2. The molecule has 2 aromatic heterocycles. The summed E-state index contributed by atoms with van der Waals surface area (Å²) in [5, 5.41) is 29.9. The van der Waals surface area contributed by atoms with Crippen molar-refractivity contribution in [2.75, 3.05) is 35.2 Å². The Morgan fingerprint density at radius 3 is 2.14 bits per heavy atom. The molecule has 1 saturated heterocycles. The summed E-state index contributed by atoms with van der Waals surface area (Å²) in [6.45, 7) is 13.6. The number of carbonyl (C=O) groups is 6. The summed E-state index contributed by atoms with van der Waals surface area (Å²) in [4.78, 5) is 84.7. The Morgan fingerprint density at radius 2 is 1.52 bits per heavy atom. The number of rotatable bonds is 12. The molecule has 338 valence electrons. The first kappa shape index (κ1) is 46.6. The zero-order valence-corrected chi connectivity index (χ0v) is 37.5. The highest BCUT2D eigenvalue weighted by molar-refractivity contribution is 6.41. The zero-order valence-electron chi connectivity index (χ0n) is 36.7. The number of tetrazole rings is 1. The number of benzene rings is 3. The molecule has 0 spiro atoms. The summed E-state index contributed by atoms with van der Waals surface area (Å²) in [7, 11) is 0. The normalized spacial score (nSPS) is 14.4. The van der Waals surface area contributed by atoms with Crippen LogP contribution in [-0.4, -0.2) is 114 Å². The van der Waals surface area contributed by atoms with Gasteiger partial charge < -0.3 is 40.3 Å². The van der Waals surface area contributed by atoms with Gasteiger partial charge in [0.05, 0.1) is 29.5 Å². The van der Waals surface area contributed by atoms with Crippen LogP contribution in [0.15, 0.2) is 73.1 Å². The maximum Gasteiger partial charge on any atom is 0.419 e. The maximum absolute atomic E-state index is 14.5. The third kappa shape index (κ3) is 11.0. The summed E-state index contributed by atoms with van der Waals surface area (Å²) in [6.07, 6.45) is 0.476. The van der Waals surface area contributed by atoms with E-state index in [2.05, 4.69) is 31.5 Å². The molecule has 5 amide bonds. The number of aromatic nitrogens is 5. The second-order valence-corrected chi connectivity index (χ2v) is 17.9. The molecule has 19 nitrogen and oxygen atoms in total. The van der Waals surface area contributed by atoms with E-state index in [1.54, 1.807) is 90.1 Å². The van der Waals surface area contributed by atoms with Crippen molar-refractivity contribution in [3.05, 3.63) is 89.3 Å². The SMILES string of the molecule is CC(C)[C@@H](CO)NC(=O)Nc1ccc(C[C@@H](C(=O)Nc2ccc3c(c2)cc(C(=O)OC(C)(C)C)n3C(=O)OC(C)(C)C)N2CCN(c3cc(Cl)ccc3-n3cnnn3)C(=O)C2=O)cc1. The monoisotopic (exact) mass is 898 g/mol. The number of hydrogen-bond acceptors (Lipinski definition) is 12. The molecule has 1 aliphatic heterocycles. The van der Waals surface area contributed by atoms with Gasteiger partial charge in [0.25, 0.3) is 0 Å². The van der Waals surface area contributed by atoms with Crippen LogP contribution in [0.25, 0.3) is 16.6 Å². The third-order valence-corrected chi connectivity index (χ3v) is 10.2. The van der Waals surface area contributed by atoms with Gasteiger partial charge in [-0.2, -0.15) is 4.68 Å². The molecule has 20 heteroatoms. The van der Waals surface area contributed by atoms with Crippen molar-refractivity contribution in [1.29, 1.82) is 0 Å². The largest absolute Gasteiger partial charge is 0.455 e. The van der Waals surface area contributed by atoms with Crippen LogP contribution in [0.4, 0.5) is 26.7 Å². The molecule has 0 saturated carbocycles. The predicted octanol–water partition coefficient (Wildman–Crippen LogP) is 5.57. The van der Waals surface area contributed by atoms with Crippen molar-refractivity contribution in [2.45, 2.75) is 85.1 Å². The van der Waals surface area contributed by atoms with E-state index in [0.717, 1.165) is 4.57 Å². The van der Waals surface area contributed by atoms with Crippen molar-refractivity contribution in [2.24, 2.45) is 5.92 Å². The van der Waals surface area contributed by atoms with Crippen LogP contribution in [-0.2, 0) is 30.3 Å². The molecule has 3 aromatic carbocycles. The summed E-state index contributed by atoms with van der Waals surface area (Å²) in [5.74, 6) is -3.30. The number of fused-ring (bicyclic) bond motifs is 1. The average Bonchev–Trinajstić information content (AvgIpc) is 3.88. The lowest BCUT2D eigenvalue weighted by Crippen LogP contribution is -2.60. The molecule has 6 rings (SSSR count). The number of piperazine rings is 1. The smallest absolute Gasteiger partial charge is 0.419 e. The highest BCUT2D eigenvalue weighted by Gasteiger charge is 2.41. The van der Waals surface area contributed by atoms with E-state index >= 15 is 0 Å². The first-order valence-corrected chi connectivity index (χ1v) is 20.9. The Labute approximate surface area is 374 Å². The van der Waals surface area contributed by atoms with E-state index in [1.807, 2.05) is 13.8 Å². The number of anilines is 3. The van der Waals surface area contributed by atoms with Crippen LogP contribution < -0.4 is 20.9 Å². The van der Waals surface area contributed by atoms with Crippen molar-refractivity contribution < 1.29 is 43.3 Å². The summed E-state index contributed by atoms with van der Waals surface area (Å²) >= 11 is 6.35. The van der Waals surface area contributed by atoms with Gasteiger partial charge in [0.15, 0.2) is 0 Å². The first-order valence-electron chi connectivity index (χ1n) is 20.5. The van der Waals surface area contributed by atoms with Gasteiger partial charge >= 0.3 is 29.9 Å². The maximum atomic E-state index is 14.5. The second kappa shape index (κ2) is 18.9. The Kier molecular flexibility index (Phi) is 13.7. The van der Waals surface area contributed by atoms with Crippen molar-refractivity contribution in [1.82, 2.24) is 35.0 Å². The molecular weight excluding hydrogens is 848 g/mol. The minimum Gasteiger partial charge on any atom is -0.455 e. The number of urea groups is 1. The van der Waals surface area contributed by atoms with E-state index < -0.39 is 59.1 Å². The Morgan fingerprint density at radius 1 is 0.828 bits per heavy atom. The lowest BCUT2D eigenvalue weighted by atomic mass is 10.0. The van der Waals surface area contributed by atoms with Crippen LogP contribution in [0.2, 0.25) is 5.02 Å². The molecule has 0 bridgehead atoms. The number of esters is 1. The van der Waals surface area contributed by atoms with Crippen LogP contribution in [0.5, 0.6) is 0 Å². The van der Waals surface area contributed by atoms with E-state index in [9.17, 15) is 33.9 Å². The molecule has 64 heavy (non-hydrogen) atoms. The van der Waals surface area contributed by atoms with E-state index in [0.29, 0.717) is 32.9 Å². The second-order valence-electron chi connectivity index (χ2n) is 17.5. The first-order chi connectivity index (χ1) is 30.1. The van der Waals surface area contributed by atoms with Crippen molar-refractivity contribution in [3.63, 3.8) is 0 Å². The van der Waals surface area contributed by atoms with E-state index in [4.69, 9.17) is 21.1 Å². The summed E-state index contributed by atoms with van der Waals surface area (Å²) < 4.78 is 13.7. The number of halogens is 1. The molecule has 0 unspecified atom stereocenters. The minimum absolute atomic E-state index is 0.00824. The highest BCUT2D eigenvalue weighted by atomic mass is 35.5. The fourth-order valence-electron chi connectivity index (χ4n) is 6.91. The number of aliphatic hydroxyl groups excluding tert-OH is 1. The highest BCUT2D eigenvalue weighted by Crippen LogP contribution is 2.31. The number of nitrogens with one attached hydrogen (secondary N) is 3.